The average molecular weight is 225 g/mol. The second kappa shape index (κ2) is 4.74. The van der Waals surface area contributed by atoms with Crippen LogP contribution in [0.1, 0.15) is 58.3 Å². The molecule has 3 nitrogen and oxygen atoms in total. The molecular weight excluding hydrogens is 202 g/mol. The van der Waals surface area contributed by atoms with Gasteiger partial charge >= 0.3 is 5.97 Å². The third kappa shape index (κ3) is 2.57. The Kier molecular flexibility index (Phi) is 3.53. The van der Waals surface area contributed by atoms with Crippen molar-refractivity contribution in [1.82, 2.24) is 0 Å². The van der Waals surface area contributed by atoms with E-state index < -0.39 is 5.54 Å². The minimum absolute atomic E-state index is 0.129. The van der Waals surface area contributed by atoms with Gasteiger partial charge in [-0.3, -0.25) is 4.79 Å². The highest BCUT2D eigenvalue weighted by Gasteiger charge is 2.39. The topological polar surface area (TPSA) is 52.3 Å². The fraction of sp³-hybridized carbons (Fsp3) is 0.923. The first kappa shape index (κ1) is 11.9. The number of ether oxygens (including phenoxy) is 1. The van der Waals surface area contributed by atoms with E-state index in [0.29, 0.717) is 0 Å². The van der Waals surface area contributed by atoms with Crippen LogP contribution in [0.5, 0.6) is 0 Å². The van der Waals surface area contributed by atoms with Crippen LogP contribution in [0.15, 0.2) is 0 Å². The van der Waals surface area contributed by atoms with Crippen LogP contribution in [-0.2, 0) is 9.53 Å². The van der Waals surface area contributed by atoms with Crippen LogP contribution in [0.3, 0.4) is 0 Å². The fourth-order valence-electron chi connectivity index (χ4n) is 2.83. The van der Waals surface area contributed by atoms with E-state index in [2.05, 4.69) is 6.92 Å². The molecule has 2 N–H and O–H groups in total. The van der Waals surface area contributed by atoms with E-state index in [9.17, 15) is 4.79 Å². The number of nitrogens with two attached hydrogens (primary N) is 1. The van der Waals surface area contributed by atoms with E-state index in [1.165, 1.54) is 12.8 Å². The van der Waals surface area contributed by atoms with Gasteiger partial charge in [-0.15, -0.1) is 0 Å². The van der Waals surface area contributed by atoms with E-state index in [1.54, 1.807) is 0 Å². The van der Waals surface area contributed by atoms with Crippen molar-refractivity contribution in [2.75, 3.05) is 0 Å². The largest absolute Gasteiger partial charge is 0.461 e. The highest BCUT2D eigenvalue weighted by atomic mass is 16.5. The maximum absolute atomic E-state index is 12.0. The van der Waals surface area contributed by atoms with Crippen molar-refractivity contribution in [2.24, 2.45) is 11.7 Å². The smallest absolute Gasteiger partial charge is 0.326 e. The Morgan fingerprint density at radius 2 is 1.75 bits per heavy atom. The minimum Gasteiger partial charge on any atom is -0.461 e. The van der Waals surface area contributed by atoms with Crippen LogP contribution in [0, 0.1) is 5.92 Å². The predicted molar refractivity (Wildman–Crippen MR) is 62.9 cm³/mol. The summed E-state index contributed by atoms with van der Waals surface area (Å²) in [5.74, 6) is 0.637. The number of esters is 1. The molecule has 2 rings (SSSR count). The van der Waals surface area contributed by atoms with Gasteiger partial charge in [0.1, 0.15) is 11.6 Å². The maximum Gasteiger partial charge on any atom is 0.326 e. The number of hydrogen-bond acceptors (Lipinski definition) is 3. The third-order valence-electron chi connectivity index (χ3n) is 4.14. The Morgan fingerprint density at radius 3 is 2.31 bits per heavy atom. The van der Waals surface area contributed by atoms with Crippen LogP contribution < -0.4 is 5.73 Å². The van der Waals surface area contributed by atoms with Crippen molar-refractivity contribution in [3.05, 3.63) is 0 Å². The zero-order valence-corrected chi connectivity index (χ0v) is 10.2. The van der Waals surface area contributed by atoms with Gasteiger partial charge in [-0.05, 0) is 44.4 Å². The molecule has 3 heteroatoms. The lowest BCUT2D eigenvalue weighted by atomic mass is 9.88. The van der Waals surface area contributed by atoms with Crippen molar-refractivity contribution in [1.29, 1.82) is 0 Å². The van der Waals surface area contributed by atoms with E-state index in [-0.39, 0.29) is 12.1 Å². The second-order valence-electron chi connectivity index (χ2n) is 5.65. The van der Waals surface area contributed by atoms with Crippen LogP contribution in [0.2, 0.25) is 0 Å². The number of carbonyl (C=O) groups is 1. The molecule has 0 aliphatic heterocycles. The standard InChI is InChI=1S/C13H23NO2/c1-10-4-6-11(7-5-10)16-12(15)13(14)8-2-3-9-13/h10-11H,2-9,14H2,1H3. The van der Waals surface area contributed by atoms with Crippen molar-refractivity contribution in [3.8, 4) is 0 Å². The Bertz CT molecular complexity index is 251. The summed E-state index contributed by atoms with van der Waals surface area (Å²) < 4.78 is 5.56. The molecule has 16 heavy (non-hydrogen) atoms. The van der Waals surface area contributed by atoms with Crippen molar-refractivity contribution < 1.29 is 9.53 Å². The van der Waals surface area contributed by atoms with E-state index >= 15 is 0 Å². The molecule has 0 radical (unpaired) electrons. The molecule has 92 valence electrons. The van der Waals surface area contributed by atoms with Gasteiger partial charge < -0.3 is 10.5 Å². The zero-order chi connectivity index (χ0) is 11.6. The van der Waals surface area contributed by atoms with Crippen LogP contribution in [0.25, 0.3) is 0 Å². The van der Waals surface area contributed by atoms with E-state index in [0.717, 1.165) is 44.4 Å². The SMILES string of the molecule is CC1CCC(OC(=O)C2(N)CCCC2)CC1. The van der Waals surface area contributed by atoms with Gasteiger partial charge in [-0.1, -0.05) is 19.8 Å². The molecular formula is C13H23NO2. The van der Waals surface area contributed by atoms with Gasteiger partial charge in [0.05, 0.1) is 0 Å². The molecule has 2 aliphatic carbocycles. The fourth-order valence-corrected chi connectivity index (χ4v) is 2.83. The Hall–Kier alpha value is -0.570. The summed E-state index contributed by atoms with van der Waals surface area (Å²) in [6.45, 7) is 2.26. The molecule has 0 saturated heterocycles. The molecule has 0 amide bonds. The highest BCUT2D eigenvalue weighted by Crippen LogP contribution is 2.31. The van der Waals surface area contributed by atoms with Gasteiger partial charge in [0.2, 0.25) is 0 Å². The maximum atomic E-state index is 12.0. The summed E-state index contributed by atoms with van der Waals surface area (Å²) in [7, 11) is 0. The lowest BCUT2D eigenvalue weighted by Gasteiger charge is -2.29. The summed E-state index contributed by atoms with van der Waals surface area (Å²) in [5.41, 5.74) is 5.41. The Morgan fingerprint density at radius 1 is 1.19 bits per heavy atom. The Balaban J connectivity index is 1.83. The summed E-state index contributed by atoms with van der Waals surface area (Å²) in [5, 5.41) is 0. The highest BCUT2D eigenvalue weighted by molar-refractivity contribution is 5.81. The monoisotopic (exact) mass is 225 g/mol. The molecule has 0 atom stereocenters. The summed E-state index contributed by atoms with van der Waals surface area (Å²) in [6, 6.07) is 0. The van der Waals surface area contributed by atoms with Crippen molar-refractivity contribution in [3.63, 3.8) is 0 Å². The Labute approximate surface area is 97.7 Å². The number of carbonyl (C=O) groups excluding carboxylic acids is 1. The molecule has 2 saturated carbocycles. The van der Waals surface area contributed by atoms with Gasteiger partial charge in [0, 0.05) is 0 Å². The van der Waals surface area contributed by atoms with Crippen molar-refractivity contribution >= 4 is 5.97 Å². The molecule has 0 spiro atoms. The van der Waals surface area contributed by atoms with Crippen LogP contribution >= 0.6 is 0 Å². The normalized spacial score (nSPS) is 33.6. The number of hydrogen-bond donors (Lipinski definition) is 1. The molecule has 2 aliphatic rings. The lowest BCUT2D eigenvalue weighted by Crippen LogP contribution is -2.47. The van der Waals surface area contributed by atoms with Crippen LogP contribution in [0.4, 0.5) is 0 Å². The molecule has 0 aromatic rings. The molecule has 0 heterocycles. The summed E-state index contributed by atoms with van der Waals surface area (Å²) >= 11 is 0. The first-order valence-corrected chi connectivity index (χ1v) is 6.60. The third-order valence-corrected chi connectivity index (χ3v) is 4.14. The molecule has 0 bridgehead atoms. The van der Waals surface area contributed by atoms with Crippen LogP contribution in [-0.4, -0.2) is 17.6 Å². The van der Waals surface area contributed by atoms with E-state index in [4.69, 9.17) is 10.5 Å². The first-order valence-electron chi connectivity index (χ1n) is 6.60. The van der Waals surface area contributed by atoms with Gasteiger partial charge in [0.15, 0.2) is 0 Å². The molecule has 2 fully saturated rings. The predicted octanol–water partition coefficient (Wildman–Crippen LogP) is 2.38. The van der Waals surface area contributed by atoms with Gasteiger partial charge in [0.25, 0.3) is 0 Å². The quantitative estimate of drug-likeness (QED) is 0.734. The van der Waals surface area contributed by atoms with E-state index in [1.807, 2.05) is 0 Å². The van der Waals surface area contributed by atoms with Gasteiger partial charge in [-0.2, -0.15) is 0 Å². The summed E-state index contributed by atoms with van der Waals surface area (Å²) in [6.07, 6.45) is 8.24. The second-order valence-corrected chi connectivity index (χ2v) is 5.65. The zero-order valence-electron chi connectivity index (χ0n) is 10.2. The first-order chi connectivity index (χ1) is 7.60. The average Bonchev–Trinajstić information content (AvgIpc) is 2.70. The molecule has 0 aromatic heterocycles. The minimum atomic E-state index is -0.664. The lowest BCUT2D eigenvalue weighted by molar-refractivity contribution is -0.157. The number of rotatable bonds is 2. The summed E-state index contributed by atoms with van der Waals surface area (Å²) in [4.78, 5) is 12.0. The van der Waals surface area contributed by atoms with Crippen molar-refractivity contribution in [2.45, 2.75) is 69.9 Å². The molecule has 0 aromatic carbocycles. The molecule has 0 unspecified atom stereocenters. The van der Waals surface area contributed by atoms with Gasteiger partial charge in [-0.25, -0.2) is 0 Å².